The molecule has 1 aromatic carbocycles. The fourth-order valence-corrected chi connectivity index (χ4v) is 4.84. The zero-order chi connectivity index (χ0) is 23.8. The van der Waals surface area contributed by atoms with E-state index in [1.165, 1.54) is 12.4 Å². The number of aromatic amines is 1. The first-order chi connectivity index (χ1) is 16.5. The maximum absolute atomic E-state index is 9.72. The fourth-order valence-electron chi connectivity index (χ4n) is 4.17. The van der Waals surface area contributed by atoms with Gasteiger partial charge in [-0.05, 0) is 37.6 Å². The van der Waals surface area contributed by atoms with E-state index < -0.39 is 6.10 Å². The molecule has 1 aliphatic heterocycles. The van der Waals surface area contributed by atoms with Gasteiger partial charge in [-0.2, -0.15) is 10.4 Å². The number of fused-ring (bicyclic) bond motifs is 1. The van der Waals surface area contributed by atoms with Crippen LogP contribution in [0.15, 0.2) is 42.9 Å². The number of hydrogen-bond donors (Lipinski definition) is 2. The van der Waals surface area contributed by atoms with Gasteiger partial charge in [0.05, 0.1) is 33.8 Å². The number of nitriles is 1. The van der Waals surface area contributed by atoms with Crippen molar-refractivity contribution in [3.8, 4) is 23.1 Å². The summed E-state index contributed by atoms with van der Waals surface area (Å²) in [5.74, 6) is 1.20. The van der Waals surface area contributed by atoms with Crippen LogP contribution >= 0.6 is 23.2 Å². The molecule has 0 saturated carbocycles. The summed E-state index contributed by atoms with van der Waals surface area (Å²) >= 11 is 12.6. The number of aliphatic hydroxyl groups is 1. The van der Waals surface area contributed by atoms with Gasteiger partial charge >= 0.3 is 0 Å². The van der Waals surface area contributed by atoms with E-state index in [0.29, 0.717) is 44.0 Å². The molecule has 2 atom stereocenters. The van der Waals surface area contributed by atoms with Gasteiger partial charge in [0.25, 0.3) is 0 Å². The molecule has 1 saturated heterocycles. The van der Waals surface area contributed by atoms with Gasteiger partial charge in [-0.15, -0.1) is 0 Å². The first-order valence-corrected chi connectivity index (χ1v) is 11.5. The van der Waals surface area contributed by atoms with E-state index in [-0.39, 0.29) is 12.6 Å². The summed E-state index contributed by atoms with van der Waals surface area (Å²) in [7, 11) is 0. The van der Waals surface area contributed by atoms with Gasteiger partial charge in [0.2, 0.25) is 0 Å². The Morgan fingerprint density at radius 2 is 2.06 bits per heavy atom. The van der Waals surface area contributed by atoms with Gasteiger partial charge in [0.1, 0.15) is 29.4 Å². The molecule has 34 heavy (non-hydrogen) atoms. The average molecular weight is 495 g/mol. The maximum atomic E-state index is 9.72. The van der Waals surface area contributed by atoms with Crippen molar-refractivity contribution < 1.29 is 9.84 Å². The van der Waals surface area contributed by atoms with Crippen LogP contribution in [0.4, 0.5) is 5.82 Å². The van der Waals surface area contributed by atoms with Crippen LogP contribution in [-0.4, -0.2) is 44.5 Å². The van der Waals surface area contributed by atoms with E-state index in [4.69, 9.17) is 27.9 Å². The fraction of sp³-hybridized carbons (Fsp3) is 0.250. The smallest absolute Gasteiger partial charge is 0.146 e. The number of benzene rings is 1. The minimum absolute atomic E-state index is 0.000706. The second-order valence-electron chi connectivity index (χ2n) is 8.08. The highest BCUT2D eigenvalue weighted by Gasteiger charge is 2.30. The molecule has 10 heteroatoms. The van der Waals surface area contributed by atoms with Crippen molar-refractivity contribution in [2.24, 2.45) is 0 Å². The summed E-state index contributed by atoms with van der Waals surface area (Å²) in [5.41, 5.74) is 3.29. The maximum Gasteiger partial charge on any atom is 0.146 e. The quantitative estimate of drug-likeness (QED) is 0.391. The van der Waals surface area contributed by atoms with Crippen molar-refractivity contribution in [1.29, 1.82) is 5.26 Å². The summed E-state index contributed by atoms with van der Waals surface area (Å²) < 4.78 is 6.14. The molecule has 2 N–H and O–H groups in total. The lowest BCUT2D eigenvalue weighted by atomic mass is 10.0. The van der Waals surface area contributed by atoms with E-state index in [0.717, 1.165) is 23.9 Å². The molecule has 0 aliphatic carbocycles. The average Bonchev–Trinajstić information content (AvgIpc) is 3.22. The first kappa shape index (κ1) is 22.4. The molecule has 4 heterocycles. The lowest BCUT2D eigenvalue weighted by molar-refractivity contribution is 0.225. The molecule has 8 nitrogen and oxygen atoms in total. The number of H-pyrrole nitrogens is 1. The van der Waals surface area contributed by atoms with Gasteiger partial charge in [0, 0.05) is 41.6 Å². The van der Waals surface area contributed by atoms with Crippen molar-refractivity contribution in [2.75, 3.05) is 18.1 Å². The van der Waals surface area contributed by atoms with Crippen LogP contribution in [0, 0.1) is 11.3 Å². The number of anilines is 1. The Kier molecular flexibility index (Phi) is 6.00. The molecular formula is C24H20Cl2N6O2. The van der Waals surface area contributed by atoms with E-state index in [2.05, 4.69) is 26.2 Å². The number of halogens is 2. The van der Waals surface area contributed by atoms with Crippen LogP contribution < -0.4 is 9.64 Å². The molecule has 0 radical (unpaired) electrons. The molecule has 5 rings (SSSR count). The van der Waals surface area contributed by atoms with Crippen molar-refractivity contribution in [2.45, 2.75) is 25.5 Å². The minimum atomic E-state index is -0.405. The Morgan fingerprint density at radius 1 is 1.26 bits per heavy atom. The number of hydrogen-bond acceptors (Lipinski definition) is 7. The second-order valence-corrected chi connectivity index (χ2v) is 8.90. The monoisotopic (exact) mass is 494 g/mol. The van der Waals surface area contributed by atoms with Gasteiger partial charge in [0.15, 0.2) is 0 Å². The summed E-state index contributed by atoms with van der Waals surface area (Å²) in [6, 6.07) is 9.60. The van der Waals surface area contributed by atoms with Crippen molar-refractivity contribution >= 4 is 39.9 Å². The van der Waals surface area contributed by atoms with Gasteiger partial charge in [-0.1, -0.05) is 23.2 Å². The van der Waals surface area contributed by atoms with Crippen LogP contribution in [0.5, 0.6) is 5.75 Å². The molecule has 172 valence electrons. The molecule has 4 aromatic rings. The zero-order valence-corrected chi connectivity index (χ0v) is 19.7. The molecule has 3 aromatic heterocycles. The third-order valence-corrected chi connectivity index (χ3v) is 6.63. The number of pyridine rings is 2. The number of nitrogens with zero attached hydrogens (tertiary/aromatic N) is 5. The van der Waals surface area contributed by atoms with Gasteiger partial charge in [-0.3, -0.25) is 10.1 Å². The number of ether oxygens (including phenoxy) is 1. The standard InChI is InChI=1S/C24H20Cl2N6O2/c1-13(22-19(25)10-28-11-20(22)26)34-17-2-3-21-18(7-17)23(31-30-21)15-6-14(8-27)24(29-9-15)32-5-4-16(32)12-33/h2-3,6-7,9-11,13,16,33H,4-5,12H2,1H3,(H,30,31)/t13-,16-/m1/s1. The SMILES string of the molecule is C[C@@H](Oc1ccc2[nH]nc(-c3cnc(N4CC[C@@H]4CO)c(C#N)c3)c2c1)c1c(Cl)cncc1Cl. The Morgan fingerprint density at radius 3 is 2.74 bits per heavy atom. The molecule has 0 bridgehead atoms. The molecule has 1 aliphatic rings. The van der Waals surface area contributed by atoms with E-state index in [1.807, 2.05) is 30.0 Å². The number of nitrogens with one attached hydrogen (secondary N) is 1. The lowest BCUT2D eigenvalue weighted by Gasteiger charge is -2.41. The van der Waals surface area contributed by atoms with Gasteiger partial charge in [-0.25, -0.2) is 4.98 Å². The highest BCUT2D eigenvalue weighted by molar-refractivity contribution is 6.35. The van der Waals surface area contributed by atoms with Crippen LogP contribution in [0.1, 0.15) is 30.6 Å². The third-order valence-electron chi connectivity index (χ3n) is 6.03. The first-order valence-electron chi connectivity index (χ1n) is 10.7. The third kappa shape index (κ3) is 3.92. The van der Waals surface area contributed by atoms with Crippen LogP contribution in [0.25, 0.3) is 22.2 Å². The second kappa shape index (κ2) is 9.11. The topological polar surface area (TPSA) is 111 Å². The Hall–Kier alpha value is -3.38. The molecule has 1 fully saturated rings. The van der Waals surface area contributed by atoms with Gasteiger partial charge < -0.3 is 14.7 Å². The van der Waals surface area contributed by atoms with Crippen LogP contribution in [0.2, 0.25) is 10.0 Å². The summed E-state index contributed by atoms with van der Waals surface area (Å²) in [4.78, 5) is 10.5. The van der Waals surface area contributed by atoms with E-state index in [1.54, 1.807) is 12.3 Å². The highest BCUT2D eigenvalue weighted by Crippen LogP contribution is 2.36. The molecular weight excluding hydrogens is 475 g/mol. The molecule has 0 spiro atoms. The Bertz CT molecular complexity index is 1390. The van der Waals surface area contributed by atoms with Crippen molar-refractivity contribution in [1.82, 2.24) is 20.2 Å². The lowest BCUT2D eigenvalue weighted by Crippen LogP contribution is -2.50. The van der Waals surface area contributed by atoms with Crippen LogP contribution in [-0.2, 0) is 0 Å². The summed E-state index contributed by atoms with van der Waals surface area (Å²) in [5, 5.41) is 28.4. The Labute approximate surface area is 205 Å². The predicted molar refractivity (Wildman–Crippen MR) is 130 cm³/mol. The van der Waals surface area contributed by atoms with E-state index >= 15 is 0 Å². The van der Waals surface area contributed by atoms with Crippen molar-refractivity contribution in [3.05, 3.63) is 64.0 Å². The van der Waals surface area contributed by atoms with E-state index in [9.17, 15) is 10.4 Å². The summed E-state index contributed by atoms with van der Waals surface area (Å²) in [6.07, 6.45) is 5.24. The van der Waals surface area contributed by atoms with Crippen molar-refractivity contribution in [3.63, 3.8) is 0 Å². The number of aliphatic hydroxyl groups excluding tert-OH is 1. The normalized spacial score (nSPS) is 16.2. The Balaban J connectivity index is 1.47. The predicted octanol–water partition coefficient (Wildman–Crippen LogP) is 4.91. The number of aromatic nitrogens is 4. The van der Waals surface area contributed by atoms with Crippen LogP contribution in [0.3, 0.4) is 0 Å². The zero-order valence-electron chi connectivity index (χ0n) is 18.2. The molecule has 0 amide bonds. The number of rotatable bonds is 6. The highest BCUT2D eigenvalue weighted by atomic mass is 35.5. The summed E-state index contributed by atoms with van der Waals surface area (Å²) in [6.45, 7) is 2.67. The largest absolute Gasteiger partial charge is 0.486 e. The molecule has 0 unspecified atom stereocenters. The minimum Gasteiger partial charge on any atom is -0.486 e.